The first-order valence-corrected chi connectivity index (χ1v) is 3.72. The minimum atomic E-state index is -0.975. The van der Waals surface area contributed by atoms with E-state index in [1.807, 2.05) is 6.07 Å². The van der Waals surface area contributed by atoms with Crippen LogP contribution in [0.4, 0.5) is 4.53 Å². The maximum atomic E-state index is 11.6. The van der Waals surface area contributed by atoms with E-state index in [2.05, 4.69) is 9.93 Å². The number of halogens is 1. The van der Waals surface area contributed by atoms with Crippen LogP contribution in [0.15, 0.2) is 30.5 Å². The molecule has 2 aromatic rings. The molecule has 2 rings (SSSR count). The molecular weight excluding hydrogens is 173 g/mol. The van der Waals surface area contributed by atoms with Crippen molar-refractivity contribution in [2.24, 2.45) is 0 Å². The summed E-state index contributed by atoms with van der Waals surface area (Å²) in [5, 5.41) is 0.658. The molecule has 0 aliphatic carbocycles. The molecule has 0 amide bonds. The van der Waals surface area contributed by atoms with Crippen LogP contribution in [0.1, 0.15) is 10.4 Å². The first-order valence-electron chi connectivity index (χ1n) is 3.72. The zero-order chi connectivity index (χ0) is 9.26. The second-order valence-electron chi connectivity index (χ2n) is 2.61. The van der Waals surface area contributed by atoms with Crippen LogP contribution in [0.25, 0.3) is 10.9 Å². The Kier molecular flexibility index (Phi) is 1.73. The largest absolute Gasteiger partial charge is 0.381 e. The van der Waals surface area contributed by atoms with Gasteiger partial charge in [-0.25, -0.2) is 9.74 Å². The SMILES string of the molecule is O=C(OF)c1c[nH]c2ccccc12. The highest BCUT2D eigenvalue weighted by atomic mass is 19.3. The van der Waals surface area contributed by atoms with Crippen molar-refractivity contribution in [2.75, 3.05) is 0 Å². The Hall–Kier alpha value is -1.84. The van der Waals surface area contributed by atoms with Crippen LogP contribution in [-0.4, -0.2) is 11.0 Å². The number of hydrogen-bond donors (Lipinski definition) is 1. The summed E-state index contributed by atoms with van der Waals surface area (Å²) >= 11 is 0. The molecule has 1 N–H and O–H groups in total. The lowest BCUT2D eigenvalue weighted by Gasteiger charge is -1.91. The van der Waals surface area contributed by atoms with Gasteiger partial charge in [0.1, 0.15) is 0 Å². The zero-order valence-electron chi connectivity index (χ0n) is 6.58. The highest BCUT2D eigenvalue weighted by Gasteiger charge is 2.12. The standard InChI is InChI=1S/C9H6FNO2/c10-13-9(12)7-5-11-8-4-2-1-3-6(7)8/h1-5,11H. The van der Waals surface area contributed by atoms with Gasteiger partial charge < -0.3 is 4.98 Å². The van der Waals surface area contributed by atoms with Crippen LogP contribution >= 0.6 is 0 Å². The quantitative estimate of drug-likeness (QED) is 0.729. The number of rotatable bonds is 1. The summed E-state index contributed by atoms with van der Waals surface area (Å²) in [4.78, 5) is 16.9. The van der Waals surface area contributed by atoms with Gasteiger partial charge in [-0.2, -0.15) is 0 Å². The van der Waals surface area contributed by atoms with Gasteiger partial charge in [-0.1, -0.05) is 18.2 Å². The molecule has 0 radical (unpaired) electrons. The van der Waals surface area contributed by atoms with Gasteiger partial charge >= 0.3 is 5.97 Å². The Morgan fingerprint density at radius 2 is 2.15 bits per heavy atom. The van der Waals surface area contributed by atoms with Crippen molar-refractivity contribution in [2.45, 2.75) is 0 Å². The molecule has 0 saturated heterocycles. The topological polar surface area (TPSA) is 42.1 Å². The minimum absolute atomic E-state index is 0.207. The van der Waals surface area contributed by atoms with E-state index < -0.39 is 5.97 Å². The number of carbonyl (C=O) groups is 1. The fourth-order valence-electron chi connectivity index (χ4n) is 1.28. The monoisotopic (exact) mass is 179 g/mol. The number of hydrogen-bond acceptors (Lipinski definition) is 2. The van der Waals surface area contributed by atoms with Crippen molar-refractivity contribution in [3.05, 3.63) is 36.0 Å². The number of carbonyl (C=O) groups excluding carboxylic acids is 1. The molecule has 0 spiro atoms. The Labute approximate surface area is 73.0 Å². The lowest BCUT2D eigenvalue weighted by Crippen LogP contribution is -1.96. The first kappa shape index (κ1) is 7.79. The number of benzene rings is 1. The highest BCUT2D eigenvalue weighted by molar-refractivity contribution is 6.03. The van der Waals surface area contributed by atoms with Gasteiger partial charge in [-0.3, -0.25) is 0 Å². The third kappa shape index (κ3) is 1.16. The molecule has 66 valence electrons. The van der Waals surface area contributed by atoms with Crippen LogP contribution in [0.3, 0.4) is 0 Å². The molecule has 0 aliphatic heterocycles. The Balaban J connectivity index is 2.64. The van der Waals surface area contributed by atoms with Crippen LogP contribution in [0.2, 0.25) is 0 Å². The molecule has 0 saturated carbocycles. The Morgan fingerprint density at radius 3 is 2.92 bits per heavy atom. The minimum Gasteiger partial charge on any atom is -0.360 e. The van der Waals surface area contributed by atoms with Gasteiger partial charge in [0.05, 0.1) is 5.56 Å². The normalized spacial score (nSPS) is 10.2. The summed E-state index contributed by atoms with van der Waals surface area (Å²) in [6.07, 6.45) is 1.42. The number of H-pyrrole nitrogens is 1. The van der Waals surface area contributed by atoms with Crippen molar-refractivity contribution in [3.63, 3.8) is 0 Å². The van der Waals surface area contributed by atoms with Gasteiger partial charge in [-0.05, 0) is 6.07 Å². The summed E-state index contributed by atoms with van der Waals surface area (Å²) < 4.78 is 11.6. The van der Waals surface area contributed by atoms with Gasteiger partial charge in [0.25, 0.3) is 0 Å². The van der Waals surface area contributed by atoms with Crippen LogP contribution < -0.4 is 0 Å². The predicted octanol–water partition coefficient (Wildman–Crippen LogP) is 2.21. The van der Waals surface area contributed by atoms with E-state index in [1.165, 1.54) is 6.20 Å². The summed E-state index contributed by atoms with van der Waals surface area (Å²) in [7, 11) is 0. The van der Waals surface area contributed by atoms with E-state index in [0.717, 1.165) is 5.52 Å². The molecule has 4 heteroatoms. The number of fused-ring (bicyclic) bond motifs is 1. The zero-order valence-corrected chi connectivity index (χ0v) is 6.58. The van der Waals surface area contributed by atoms with E-state index >= 15 is 0 Å². The molecule has 0 atom stereocenters. The third-order valence-electron chi connectivity index (χ3n) is 1.88. The fourth-order valence-corrected chi connectivity index (χ4v) is 1.28. The molecule has 13 heavy (non-hydrogen) atoms. The van der Waals surface area contributed by atoms with Crippen LogP contribution in [-0.2, 0) is 4.94 Å². The number of aromatic nitrogens is 1. The van der Waals surface area contributed by atoms with E-state index in [0.29, 0.717) is 5.39 Å². The van der Waals surface area contributed by atoms with Gasteiger partial charge in [0.15, 0.2) is 0 Å². The molecule has 3 nitrogen and oxygen atoms in total. The van der Waals surface area contributed by atoms with E-state index in [1.54, 1.807) is 18.2 Å². The number of aromatic amines is 1. The summed E-state index contributed by atoms with van der Waals surface area (Å²) in [6, 6.07) is 7.11. The van der Waals surface area contributed by atoms with E-state index in [4.69, 9.17) is 0 Å². The summed E-state index contributed by atoms with van der Waals surface area (Å²) in [5.41, 5.74) is 0.987. The van der Waals surface area contributed by atoms with Crippen molar-refractivity contribution in [1.29, 1.82) is 0 Å². The Morgan fingerprint density at radius 1 is 1.38 bits per heavy atom. The molecule has 0 bridgehead atoms. The molecular formula is C9H6FNO2. The second-order valence-corrected chi connectivity index (χ2v) is 2.61. The first-order chi connectivity index (χ1) is 6.33. The van der Waals surface area contributed by atoms with E-state index in [9.17, 15) is 9.32 Å². The van der Waals surface area contributed by atoms with Gasteiger partial charge in [-0.15, -0.1) is 0 Å². The summed E-state index contributed by atoms with van der Waals surface area (Å²) in [5.74, 6) is -0.975. The van der Waals surface area contributed by atoms with E-state index in [-0.39, 0.29) is 5.56 Å². The molecule has 1 aromatic heterocycles. The smallest absolute Gasteiger partial charge is 0.360 e. The lowest BCUT2D eigenvalue weighted by atomic mass is 10.2. The average molecular weight is 179 g/mol. The Bertz CT molecular complexity index is 450. The second kappa shape index (κ2) is 2.90. The highest BCUT2D eigenvalue weighted by Crippen LogP contribution is 2.18. The maximum Gasteiger partial charge on any atom is 0.381 e. The number of nitrogens with one attached hydrogen (secondary N) is 1. The maximum absolute atomic E-state index is 11.6. The molecule has 0 aliphatic rings. The van der Waals surface area contributed by atoms with Crippen molar-refractivity contribution < 1.29 is 14.3 Å². The van der Waals surface area contributed by atoms with Crippen molar-refractivity contribution in [3.8, 4) is 0 Å². The third-order valence-corrected chi connectivity index (χ3v) is 1.88. The van der Waals surface area contributed by atoms with Crippen LogP contribution in [0.5, 0.6) is 0 Å². The molecule has 1 heterocycles. The molecule has 0 fully saturated rings. The van der Waals surface area contributed by atoms with Crippen LogP contribution in [0, 0.1) is 0 Å². The lowest BCUT2D eigenvalue weighted by molar-refractivity contribution is -0.0786. The molecule has 0 unspecified atom stereocenters. The number of para-hydroxylation sites is 1. The average Bonchev–Trinajstić information content (AvgIpc) is 2.60. The van der Waals surface area contributed by atoms with Crippen molar-refractivity contribution >= 4 is 16.9 Å². The molecule has 1 aromatic carbocycles. The van der Waals surface area contributed by atoms with Gasteiger partial charge in [0.2, 0.25) is 0 Å². The fraction of sp³-hybridized carbons (Fsp3) is 0. The van der Waals surface area contributed by atoms with Gasteiger partial charge in [0, 0.05) is 21.6 Å². The van der Waals surface area contributed by atoms with Crippen molar-refractivity contribution in [1.82, 2.24) is 4.98 Å². The predicted molar refractivity (Wildman–Crippen MR) is 44.8 cm³/mol. The summed E-state index contributed by atoms with van der Waals surface area (Å²) in [6.45, 7) is 0.